The highest BCUT2D eigenvalue weighted by Crippen LogP contribution is 2.27. The summed E-state index contributed by atoms with van der Waals surface area (Å²) in [7, 11) is 2.97. The van der Waals surface area contributed by atoms with Gasteiger partial charge in [-0.1, -0.05) is 18.1 Å². The average Bonchev–Trinajstić information content (AvgIpc) is 2.83. The lowest BCUT2D eigenvalue weighted by atomic mass is 10.1. The maximum Gasteiger partial charge on any atom is 0.259 e. The predicted octanol–water partition coefficient (Wildman–Crippen LogP) is 4.10. The van der Waals surface area contributed by atoms with E-state index in [1.54, 1.807) is 49.6 Å². The number of carbonyl (C=O) groups is 1. The van der Waals surface area contributed by atoms with Gasteiger partial charge in [0.2, 0.25) is 0 Å². The number of methoxy groups -OCH3 is 2. The van der Waals surface area contributed by atoms with Gasteiger partial charge in [0.1, 0.15) is 11.5 Å². The van der Waals surface area contributed by atoms with Gasteiger partial charge in [0.25, 0.3) is 5.56 Å². The van der Waals surface area contributed by atoms with Crippen molar-refractivity contribution < 1.29 is 24.5 Å². The summed E-state index contributed by atoms with van der Waals surface area (Å²) in [6.07, 6.45) is 11.9. The minimum atomic E-state index is -0.515. The number of hydrogen-bond acceptors (Lipinski definition) is 6. The number of carbonyl (C=O) groups excluding carboxylic acids is 1. The molecule has 2 N–H and O–H groups in total. The summed E-state index contributed by atoms with van der Waals surface area (Å²) in [5.41, 5.74) is 1.23. The van der Waals surface area contributed by atoms with Gasteiger partial charge < -0.3 is 19.7 Å². The van der Waals surface area contributed by atoms with Crippen molar-refractivity contribution in [2.75, 3.05) is 14.2 Å². The molecule has 0 spiro atoms. The molecule has 1 aromatic heterocycles. The Morgan fingerprint density at radius 1 is 1.09 bits per heavy atom. The van der Waals surface area contributed by atoms with Crippen LogP contribution in [0.3, 0.4) is 0 Å². The second-order valence-corrected chi connectivity index (χ2v) is 7.19. The number of allylic oxidation sites excluding steroid dienone is 3. The number of aliphatic hydroxyl groups is 1. The minimum absolute atomic E-state index is 0.00632. The maximum absolute atomic E-state index is 12.9. The summed E-state index contributed by atoms with van der Waals surface area (Å²) >= 11 is 0. The molecule has 0 saturated carbocycles. The van der Waals surface area contributed by atoms with Crippen LogP contribution in [0.2, 0.25) is 0 Å². The molecule has 0 unspecified atom stereocenters. The zero-order valence-electron chi connectivity index (χ0n) is 18.7. The summed E-state index contributed by atoms with van der Waals surface area (Å²) < 4.78 is 11.7. The third-order valence-corrected chi connectivity index (χ3v) is 4.95. The molecule has 0 amide bonds. The first-order chi connectivity index (χ1) is 16.4. The van der Waals surface area contributed by atoms with Gasteiger partial charge >= 0.3 is 0 Å². The lowest BCUT2D eigenvalue weighted by Crippen LogP contribution is -2.22. The number of ketones is 1. The number of phenols is 1. The molecule has 1 heterocycles. The molecule has 34 heavy (non-hydrogen) atoms. The number of benzene rings is 2. The SMILES string of the molecule is C#CCn1c(=O)c(/C=C/C(=O)/C=C(O)/C=C/c2ccc(O)c(OC)c2)cc2cc(OC)ccc21. The first-order valence-corrected chi connectivity index (χ1v) is 10.2. The molecular weight excluding hydrogens is 434 g/mol. The summed E-state index contributed by atoms with van der Waals surface area (Å²) in [5.74, 6) is 2.57. The Morgan fingerprint density at radius 3 is 2.59 bits per heavy atom. The predicted molar refractivity (Wildman–Crippen MR) is 132 cm³/mol. The third kappa shape index (κ3) is 5.56. The van der Waals surface area contributed by atoms with E-state index < -0.39 is 5.78 Å². The van der Waals surface area contributed by atoms with Crippen LogP contribution in [-0.4, -0.2) is 34.8 Å². The van der Waals surface area contributed by atoms with Crippen LogP contribution in [0.25, 0.3) is 23.1 Å². The van der Waals surface area contributed by atoms with Crippen LogP contribution in [0.15, 0.2) is 71.2 Å². The molecule has 0 atom stereocenters. The molecule has 172 valence electrons. The van der Waals surface area contributed by atoms with Gasteiger partial charge in [0.05, 0.1) is 26.3 Å². The Kier molecular flexibility index (Phi) is 7.57. The maximum atomic E-state index is 12.9. The van der Waals surface area contributed by atoms with Gasteiger partial charge in [-0.25, -0.2) is 0 Å². The van der Waals surface area contributed by atoms with Crippen molar-refractivity contribution in [2.45, 2.75) is 6.54 Å². The number of fused-ring (bicyclic) bond motifs is 1. The molecule has 3 rings (SSSR count). The molecule has 7 heteroatoms. The van der Waals surface area contributed by atoms with Crippen molar-refractivity contribution in [1.82, 2.24) is 4.57 Å². The number of terminal acetylenes is 1. The number of pyridine rings is 1. The lowest BCUT2D eigenvalue weighted by Gasteiger charge is -2.10. The molecular formula is C27H23NO6. The average molecular weight is 457 g/mol. The van der Waals surface area contributed by atoms with E-state index in [0.717, 1.165) is 11.5 Å². The largest absolute Gasteiger partial charge is 0.508 e. The van der Waals surface area contributed by atoms with Crippen LogP contribution in [0.1, 0.15) is 11.1 Å². The number of ether oxygens (including phenoxy) is 2. The van der Waals surface area contributed by atoms with E-state index in [1.165, 1.54) is 36.0 Å². The Balaban J connectivity index is 1.85. The molecule has 0 aliphatic heterocycles. The summed E-state index contributed by atoms with van der Waals surface area (Å²) in [6, 6.07) is 11.6. The minimum Gasteiger partial charge on any atom is -0.508 e. The molecule has 2 aromatic carbocycles. The van der Waals surface area contributed by atoms with Gasteiger partial charge in [-0.05, 0) is 60.2 Å². The van der Waals surface area contributed by atoms with Crippen LogP contribution in [-0.2, 0) is 11.3 Å². The van der Waals surface area contributed by atoms with Crippen LogP contribution >= 0.6 is 0 Å². The number of phenolic OH excluding ortho intramolecular Hbond substituents is 1. The van der Waals surface area contributed by atoms with Gasteiger partial charge in [-0.2, -0.15) is 0 Å². The van der Waals surface area contributed by atoms with Crippen LogP contribution in [0.4, 0.5) is 0 Å². The molecule has 0 aliphatic rings. The number of rotatable bonds is 8. The highest BCUT2D eigenvalue weighted by Gasteiger charge is 2.08. The molecule has 0 fully saturated rings. The molecule has 3 aromatic rings. The van der Waals surface area contributed by atoms with Crippen molar-refractivity contribution in [1.29, 1.82) is 0 Å². The fourth-order valence-electron chi connectivity index (χ4n) is 3.28. The number of aromatic hydroxyl groups is 1. The van der Waals surface area contributed by atoms with E-state index in [4.69, 9.17) is 15.9 Å². The van der Waals surface area contributed by atoms with E-state index >= 15 is 0 Å². The fraction of sp³-hybridized carbons (Fsp3) is 0.111. The van der Waals surface area contributed by atoms with Crippen molar-refractivity contribution in [3.05, 3.63) is 87.9 Å². The van der Waals surface area contributed by atoms with E-state index in [1.807, 2.05) is 0 Å². The standard InChI is InChI=1S/C27H23NO6/c1-4-13-28-24-11-10-23(33-2)16-20(24)15-19(27(28)32)7-9-22(30)17-21(29)8-5-18-6-12-25(31)26(14-18)34-3/h1,5-12,14-17,29,31H,13H2,2-3H3/b8-5+,9-7+,21-17-. The van der Waals surface area contributed by atoms with E-state index in [-0.39, 0.29) is 34.9 Å². The molecule has 0 radical (unpaired) electrons. The molecule has 0 aliphatic carbocycles. The van der Waals surface area contributed by atoms with Gasteiger partial charge in [0, 0.05) is 17.0 Å². The lowest BCUT2D eigenvalue weighted by molar-refractivity contribution is -0.110. The van der Waals surface area contributed by atoms with Crippen molar-refractivity contribution in [2.24, 2.45) is 0 Å². The van der Waals surface area contributed by atoms with E-state index in [0.29, 0.717) is 16.8 Å². The van der Waals surface area contributed by atoms with Crippen LogP contribution < -0.4 is 15.0 Å². The number of nitrogens with zero attached hydrogens (tertiary/aromatic N) is 1. The van der Waals surface area contributed by atoms with Crippen LogP contribution in [0.5, 0.6) is 17.2 Å². The summed E-state index contributed by atoms with van der Waals surface area (Å²) in [6.45, 7) is 0.0742. The monoisotopic (exact) mass is 457 g/mol. The second kappa shape index (κ2) is 10.7. The number of aromatic nitrogens is 1. The molecule has 0 saturated heterocycles. The van der Waals surface area contributed by atoms with Crippen molar-refractivity contribution >= 4 is 28.8 Å². The van der Waals surface area contributed by atoms with Crippen molar-refractivity contribution in [3.63, 3.8) is 0 Å². The smallest absolute Gasteiger partial charge is 0.259 e. The Morgan fingerprint density at radius 2 is 1.88 bits per heavy atom. The Labute approximate surface area is 196 Å². The zero-order chi connectivity index (χ0) is 24.7. The zero-order valence-corrected chi connectivity index (χ0v) is 18.7. The topological polar surface area (TPSA) is 98.0 Å². The van der Waals surface area contributed by atoms with Gasteiger partial charge in [0.15, 0.2) is 17.3 Å². The van der Waals surface area contributed by atoms with Gasteiger partial charge in [-0.15, -0.1) is 6.42 Å². The van der Waals surface area contributed by atoms with E-state index in [9.17, 15) is 19.8 Å². The highest BCUT2D eigenvalue weighted by molar-refractivity contribution is 6.02. The number of aliphatic hydroxyl groups excluding tert-OH is 1. The van der Waals surface area contributed by atoms with Crippen molar-refractivity contribution in [3.8, 4) is 29.6 Å². The molecule has 7 nitrogen and oxygen atoms in total. The third-order valence-electron chi connectivity index (χ3n) is 4.95. The first-order valence-electron chi connectivity index (χ1n) is 10.2. The Bertz CT molecular complexity index is 1420. The highest BCUT2D eigenvalue weighted by atomic mass is 16.5. The molecule has 0 bridgehead atoms. The van der Waals surface area contributed by atoms with E-state index in [2.05, 4.69) is 5.92 Å². The summed E-state index contributed by atoms with van der Waals surface area (Å²) in [4.78, 5) is 25.2. The van der Waals surface area contributed by atoms with Gasteiger partial charge in [-0.3, -0.25) is 14.2 Å². The van der Waals surface area contributed by atoms with Crippen LogP contribution in [0, 0.1) is 12.3 Å². The second-order valence-electron chi connectivity index (χ2n) is 7.19. The Hall–Kier alpha value is -4.70. The quantitative estimate of drug-likeness (QED) is 0.229. The fourth-order valence-corrected chi connectivity index (χ4v) is 3.28. The number of hydrogen-bond donors (Lipinski definition) is 2. The summed E-state index contributed by atoms with van der Waals surface area (Å²) in [5, 5.41) is 20.4. The first kappa shape index (κ1) is 24.0. The normalized spacial score (nSPS) is 11.7.